The summed E-state index contributed by atoms with van der Waals surface area (Å²) in [6.45, 7) is 3.82. The first kappa shape index (κ1) is 19.0. The van der Waals surface area contributed by atoms with Gasteiger partial charge < -0.3 is 10.2 Å². The monoisotopic (exact) mass is 360 g/mol. The van der Waals surface area contributed by atoms with E-state index in [1.807, 2.05) is 68.4 Å². The Balaban J connectivity index is 2.12. The average Bonchev–Trinajstić information content (AvgIpc) is 2.55. The Kier molecular flexibility index (Phi) is 6.20. The van der Waals surface area contributed by atoms with Crippen molar-refractivity contribution in [3.8, 4) is 0 Å². The van der Waals surface area contributed by atoms with Crippen molar-refractivity contribution in [2.24, 2.45) is 0 Å². The minimum absolute atomic E-state index is 0.0129. The lowest BCUT2D eigenvalue weighted by Crippen LogP contribution is -2.37. The van der Waals surface area contributed by atoms with Crippen LogP contribution in [0.4, 0.5) is 17.1 Å². The van der Waals surface area contributed by atoms with E-state index in [0.717, 1.165) is 23.3 Å². The van der Waals surface area contributed by atoms with Gasteiger partial charge in [-0.1, -0.05) is 18.2 Å². The highest BCUT2D eigenvalue weighted by Crippen LogP contribution is 2.23. The molecule has 0 heterocycles. The molecule has 0 saturated heterocycles. The van der Waals surface area contributed by atoms with Gasteiger partial charge in [0, 0.05) is 35.8 Å². The number of rotatable bonds is 7. The van der Waals surface area contributed by atoms with Crippen molar-refractivity contribution < 1.29 is 13.2 Å². The van der Waals surface area contributed by atoms with Crippen LogP contribution in [0.5, 0.6) is 0 Å². The fourth-order valence-electron chi connectivity index (χ4n) is 2.52. The Morgan fingerprint density at radius 3 is 2.08 bits per heavy atom. The van der Waals surface area contributed by atoms with Gasteiger partial charge in [-0.15, -0.1) is 0 Å². The van der Waals surface area contributed by atoms with Crippen LogP contribution in [0.3, 0.4) is 0 Å². The molecule has 0 radical (unpaired) electrons. The third-order valence-corrected chi connectivity index (χ3v) is 4.63. The van der Waals surface area contributed by atoms with Gasteiger partial charge in [0.15, 0.2) is 0 Å². The summed E-state index contributed by atoms with van der Waals surface area (Å²) in [7, 11) is -3.16. The van der Waals surface area contributed by atoms with Gasteiger partial charge in [0.05, 0.1) is 5.75 Å². The lowest BCUT2D eigenvalue weighted by molar-refractivity contribution is -0.118. The largest absolute Gasteiger partial charge is 0.356 e. The van der Waals surface area contributed by atoms with Crippen LogP contribution < -0.4 is 10.2 Å². The average molecular weight is 360 g/mol. The van der Waals surface area contributed by atoms with Crippen LogP contribution in [-0.4, -0.2) is 32.4 Å². The van der Waals surface area contributed by atoms with E-state index < -0.39 is 9.84 Å². The SMILES string of the molecule is CC(C)N(C(=O)CCS(C)(=O)=O)c1ccc(Nc2ccccc2)cc1. The molecule has 0 aliphatic carbocycles. The first-order chi connectivity index (χ1) is 11.8. The molecule has 25 heavy (non-hydrogen) atoms. The zero-order valence-corrected chi connectivity index (χ0v) is 15.6. The number of carbonyl (C=O) groups excluding carboxylic acids is 1. The zero-order valence-electron chi connectivity index (χ0n) is 14.8. The number of hydrogen-bond donors (Lipinski definition) is 1. The molecule has 0 atom stereocenters. The molecule has 5 nitrogen and oxygen atoms in total. The van der Waals surface area contributed by atoms with E-state index in [1.165, 1.54) is 0 Å². The third-order valence-electron chi connectivity index (χ3n) is 3.68. The van der Waals surface area contributed by atoms with Crippen molar-refractivity contribution in [3.63, 3.8) is 0 Å². The third kappa shape index (κ3) is 5.90. The second-order valence-electron chi connectivity index (χ2n) is 6.28. The van der Waals surface area contributed by atoms with Crippen LogP contribution in [0.15, 0.2) is 54.6 Å². The Morgan fingerprint density at radius 1 is 1.00 bits per heavy atom. The molecule has 0 aliphatic heterocycles. The predicted molar refractivity (Wildman–Crippen MR) is 103 cm³/mol. The normalized spacial score (nSPS) is 11.4. The number of sulfone groups is 1. The Labute approximate surface area is 149 Å². The van der Waals surface area contributed by atoms with E-state index >= 15 is 0 Å². The van der Waals surface area contributed by atoms with Crippen LogP contribution in [0.2, 0.25) is 0 Å². The molecule has 0 bridgehead atoms. The lowest BCUT2D eigenvalue weighted by Gasteiger charge is -2.27. The molecule has 6 heteroatoms. The zero-order chi connectivity index (χ0) is 18.4. The van der Waals surface area contributed by atoms with E-state index in [4.69, 9.17) is 0 Å². The molecule has 1 N–H and O–H groups in total. The molecule has 0 aromatic heterocycles. The summed E-state index contributed by atoms with van der Waals surface area (Å²) in [6, 6.07) is 17.3. The molecule has 2 aromatic rings. The summed E-state index contributed by atoms with van der Waals surface area (Å²) < 4.78 is 22.6. The summed E-state index contributed by atoms with van der Waals surface area (Å²) >= 11 is 0. The second-order valence-corrected chi connectivity index (χ2v) is 8.54. The number of amides is 1. The molecular weight excluding hydrogens is 336 g/mol. The Bertz CT molecular complexity index is 800. The van der Waals surface area contributed by atoms with E-state index in [9.17, 15) is 13.2 Å². The van der Waals surface area contributed by atoms with Crippen molar-refractivity contribution in [2.45, 2.75) is 26.3 Å². The number of para-hydroxylation sites is 1. The lowest BCUT2D eigenvalue weighted by atomic mass is 10.2. The molecule has 2 aromatic carbocycles. The Morgan fingerprint density at radius 2 is 1.56 bits per heavy atom. The van der Waals surface area contributed by atoms with E-state index in [2.05, 4.69) is 5.32 Å². The highest BCUT2D eigenvalue weighted by molar-refractivity contribution is 7.90. The first-order valence-corrected chi connectivity index (χ1v) is 10.2. The first-order valence-electron chi connectivity index (χ1n) is 8.18. The van der Waals surface area contributed by atoms with Crippen molar-refractivity contribution in [1.29, 1.82) is 0 Å². The smallest absolute Gasteiger partial charge is 0.228 e. The van der Waals surface area contributed by atoms with Gasteiger partial charge in [-0.3, -0.25) is 4.79 Å². The quantitative estimate of drug-likeness (QED) is 0.819. The molecule has 134 valence electrons. The maximum atomic E-state index is 12.5. The van der Waals surface area contributed by atoms with Crippen LogP contribution in [0.25, 0.3) is 0 Å². The maximum absolute atomic E-state index is 12.5. The summed E-state index contributed by atoms with van der Waals surface area (Å²) in [5.41, 5.74) is 2.66. The molecule has 0 saturated carbocycles. The van der Waals surface area contributed by atoms with Gasteiger partial charge >= 0.3 is 0 Å². The molecule has 2 rings (SSSR count). The molecule has 0 aliphatic rings. The van der Waals surface area contributed by atoms with Gasteiger partial charge in [-0.05, 0) is 50.2 Å². The molecule has 0 fully saturated rings. The molecule has 1 amide bonds. The van der Waals surface area contributed by atoms with Crippen LogP contribution in [0.1, 0.15) is 20.3 Å². The van der Waals surface area contributed by atoms with Gasteiger partial charge in [0.1, 0.15) is 9.84 Å². The summed E-state index contributed by atoms with van der Waals surface area (Å²) in [6.07, 6.45) is 1.13. The number of benzene rings is 2. The highest BCUT2D eigenvalue weighted by atomic mass is 32.2. The Hall–Kier alpha value is -2.34. The fourth-order valence-corrected chi connectivity index (χ4v) is 3.06. The number of nitrogens with one attached hydrogen (secondary N) is 1. The predicted octanol–water partition coefficient (Wildman–Crippen LogP) is 3.61. The van der Waals surface area contributed by atoms with E-state index in [-0.39, 0.29) is 24.1 Å². The van der Waals surface area contributed by atoms with Crippen molar-refractivity contribution in [1.82, 2.24) is 0 Å². The van der Waals surface area contributed by atoms with Crippen LogP contribution in [-0.2, 0) is 14.6 Å². The van der Waals surface area contributed by atoms with Crippen molar-refractivity contribution in [3.05, 3.63) is 54.6 Å². The van der Waals surface area contributed by atoms with Gasteiger partial charge in [0.2, 0.25) is 5.91 Å². The topological polar surface area (TPSA) is 66.5 Å². The molecule has 0 spiro atoms. The van der Waals surface area contributed by atoms with Gasteiger partial charge in [0.25, 0.3) is 0 Å². The summed E-state index contributed by atoms with van der Waals surface area (Å²) in [5, 5.41) is 3.29. The number of anilines is 3. The van der Waals surface area contributed by atoms with Crippen molar-refractivity contribution >= 4 is 32.8 Å². The summed E-state index contributed by atoms with van der Waals surface area (Å²) in [5.74, 6) is -0.327. The van der Waals surface area contributed by atoms with Gasteiger partial charge in [-0.25, -0.2) is 8.42 Å². The summed E-state index contributed by atoms with van der Waals surface area (Å²) in [4.78, 5) is 14.1. The van der Waals surface area contributed by atoms with E-state index in [0.29, 0.717) is 0 Å². The minimum Gasteiger partial charge on any atom is -0.356 e. The number of hydrogen-bond acceptors (Lipinski definition) is 4. The van der Waals surface area contributed by atoms with E-state index in [1.54, 1.807) is 4.90 Å². The number of carbonyl (C=O) groups is 1. The maximum Gasteiger partial charge on any atom is 0.228 e. The molecular formula is C19H24N2O3S. The van der Waals surface area contributed by atoms with Crippen molar-refractivity contribution in [2.75, 3.05) is 22.2 Å². The van der Waals surface area contributed by atoms with Crippen LogP contribution >= 0.6 is 0 Å². The highest BCUT2D eigenvalue weighted by Gasteiger charge is 2.20. The second kappa shape index (κ2) is 8.16. The minimum atomic E-state index is -3.16. The van der Waals surface area contributed by atoms with Gasteiger partial charge in [-0.2, -0.15) is 0 Å². The molecule has 0 unspecified atom stereocenters. The van der Waals surface area contributed by atoms with Crippen LogP contribution in [0, 0.1) is 0 Å². The standard InChI is InChI=1S/C19H24N2O3S/c1-15(2)21(19(22)13-14-25(3,23)24)18-11-9-17(10-12-18)20-16-7-5-4-6-8-16/h4-12,15,20H,13-14H2,1-3H3. The number of nitrogens with zero attached hydrogens (tertiary/aromatic N) is 1. The fraction of sp³-hybridized carbons (Fsp3) is 0.316.